The number of aromatic nitrogens is 5. The van der Waals surface area contributed by atoms with E-state index in [0.717, 1.165) is 29.7 Å². The van der Waals surface area contributed by atoms with Gasteiger partial charge in [0.2, 0.25) is 11.7 Å². The quantitative estimate of drug-likeness (QED) is 0.232. The van der Waals surface area contributed by atoms with Gasteiger partial charge in [0.05, 0.1) is 19.2 Å². The molecule has 10 nitrogen and oxygen atoms in total. The molecule has 4 rings (SSSR count). The monoisotopic (exact) mass is 526 g/mol. The normalized spacial score (nSPS) is 10.5. The van der Waals surface area contributed by atoms with E-state index in [1.54, 1.807) is 22.8 Å². The largest absolute Gasteiger partial charge is 1.00 e. The number of H-pyrrole nitrogens is 1. The Morgan fingerprint density at radius 3 is 2.49 bits per heavy atom. The van der Waals surface area contributed by atoms with Gasteiger partial charge >= 0.3 is 57.4 Å². The van der Waals surface area contributed by atoms with Crippen LogP contribution in [0.5, 0.6) is 0 Å². The number of carbonyl (C=O) groups is 2. The van der Waals surface area contributed by atoms with Crippen molar-refractivity contribution in [3.63, 3.8) is 0 Å². The van der Waals surface area contributed by atoms with Crippen LogP contribution < -0.4 is 62.7 Å². The van der Waals surface area contributed by atoms with Gasteiger partial charge in [-0.15, -0.1) is 10.2 Å². The maximum Gasteiger partial charge on any atom is 1.00 e. The number of nitrogens with zero attached hydrogens (tertiary/aromatic N) is 4. The first-order valence-electron chi connectivity index (χ1n) is 11.5. The fraction of sp³-hybridized carbons (Fsp3) is 0.231. The average Bonchev–Trinajstić information content (AvgIpc) is 3.43. The fourth-order valence-corrected chi connectivity index (χ4v) is 4.13. The van der Waals surface area contributed by atoms with Gasteiger partial charge in [-0.3, -0.25) is 9.59 Å². The van der Waals surface area contributed by atoms with E-state index in [1.807, 2.05) is 30.3 Å². The standard InChI is InChI=1S/C26H26N6O4.K.H/c1-3-4-7-18-13-17(26(35)36-2)14-23(33)32(18)15-16-10-11-20(22(12-16)24(27)34)19-8-5-6-9-21(19)25-28-30-31-29-25;;/h5-6,8-14H,3-4,7,15H2,1-2H3,(H2,27,34)(H,28,29,30,31);;/q;+1;-1. The van der Waals surface area contributed by atoms with Crippen molar-refractivity contribution in [2.45, 2.75) is 32.7 Å². The maximum atomic E-state index is 13.0. The number of tetrazole rings is 1. The molecule has 0 spiro atoms. The number of primary amides is 1. The molecule has 3 N–H and O–H groups in total. The zero-order valence-corrected chi connectivity index (χ0v) is 24.1. The Morgan fingerprint density at radius 2 is 1.84 bits per heavy atom. The summed E-state index contributed by atoms with van der Waals surface area (Å²) < 4.78 is 6.40. The van der Waals surface area contributed by atoms with Gasteiger partial charge in [-0.1, -0.05) is 49.7 Å². The van der Waals surface area contributed by atoms with Crippen molar-refractivity contribution >= 4 is 11.9 Å². The molecule has 0 unspecified atom stereocenters. The predicted molar refractivity (Wildman–Crippen MR) is 134 cm³/mol. The second-order valence-electron chi connectivity index (χ2n) is 8.28. The average molecular weight is 527 g/mol. The van der Waals surface area contributed by atoms with E-state index in [2.05, 4.69) is 27.5 Å². The molecule has 0 bridgehead atoms. The zero-order valence-electron chi connectivity index (χ0n) is 22.0. The Kier molecular flexibility index (Phi) is 10.1. The Labute approximate surface area is 257 Å². The summed E-state index contributed by atoms with van der Waals surface area (Å²) >= 11 is 0. The number of aromatic amines is 1. The molecule has 2 heterocycles. The van der Waals surface area contributed by atoms with Crippen molar-refractivity contribution in [1.82, 2.24) is 25.2 Å². The van der Waals surface area contributed by atoms with Crippen molar-refractivity contribution in [2.24, 2.45) is 5.73 Å². The molecule has 0 aliphatic rings. The van der Waals surface area contributed by atoms with Crippen LogP contribution in [0.4, 0.5) is 0 Å². The minimum Gasteiger partial charge on any atom is -1.00 e. The first-order chi connectivity index (χ1) is 17.4. The van der Waals surface area contributed by atoms with Crippen molar-refractivity contribution in [3.05, 3.63) is 87.3 Å². The van der Waals surface area contributed by atoms with Gasteiger partial charge in [-0.2, -0.15) is 5.21 Å². The van der Waals surface area contributed by atoms with E-state index >= 15 is 0 Å². The molecule has 1 amide bonds. The number of esters is 1. The van der Waals surface area contributed by atoms with Gasteiger partial charge in [0.1, 0.15) is 0 Å². The third-order valence-corrected chi connectivity index (χ3v) is 5.91. The molecule has 11 heteroatoms. The van der Waals surface area contributed by atoms with Gasteiger partial charge in [0.15, 0.2) is 0 Å². The number of nitrogens with two attached hydrogens (primary N) is 1. The van der Waals surface area contributed by atoms with Crippen LogP contribution in [0.25, 0.3) is 22.5 Å². The molecule has 37 heavy (non-hydrogen) atoms. The number of benzene rings is 2. The van der Waals surface area contributed by atoms with E-state index < -0.39 is 11.9 Å². The number of hydrogen-bond donors (Lipinski definition) is 2. The number of nitrogens with one attached hydrogen (secondary N) is 1. The van der Waals surface area contributed by atoms with Gasteiger partial charge in [0.25, 0.3) is 5.56 Å². The van der Waals surface area contributed by atoms with Gasteiger partial charge in [-0.05, 0) is 46.9 Å². The number of ether oxygens (including phenoxy) is 1. The number of carbonyl (C=O) groups excluding carboxylic acids is 2. The molecule has 0 saturated heterocycles. The van der Waals surface area contributed by atoms with Crippen LogP contribution in [0.15, 0.2) is 59.4 Å². The van der Waals surface area contributed by atoms with E-state index in [-0.39, 0.29) is 70.5 Å². The first kappa shape index (κ1) is 28.6. The molecular formula is C26H27KN6O4. The van der Waals surface area contributed by atoms with Crippen molar-refractivity contribution in [2.75, 3.05) is 7.11 Å². The Morgan fingerprint density at radius 1 is 1.08 bits per heavy atom. The van der Waals surface area contributed by atoms with Gasteiger partial charge in [-0.25, -0.2) is 4.79 Å². The molecule has 2 aromatic carbocycles. The number of amides is 1. The summed E-state index contributed by atoms with van der Waals surface area (Å²) in [5.41, 5.74) is 9.44. The van der Waals surface area contributed by atoms with E-state index in [0.29, 0.717) is 28.9 Å². The van der Waals surface area contributed by atoms with Crippen LogP contribution in [0.2, 0.25) is 0 Å². The first-order valence-corrected chi connectivity index (χ1v) is 11.5. The Hall–Kier alpha value is -2.96. The minimum atomic E-state index is -0.602. The molecular weight excluding hydrogens is 499 g/mol. The molecule has 2 aromatic heterocycles. The fourth-order valence-electron chi connectivity index (χ4n) is 4.13. The number of hydrogen-bond acceptors (Lipinski definition) is 7. The molecule has 0 saturated carbocycles. The summed E-state index contributed by atoms with van der Waals surface area (Å²) in [4.78, 5) is 37.5. The molecule has 186 valence electrons. The summed E-state index contributed by atoms with van der Waals surface area (Å²) in [5.74, 6) is -0.769. The minimum absolute atomic E-state index is 0. The molecule has 4 aromatic rings. The van der Waals surface area contributed by atoms with Crippen LogP contribution in [0.3, 0.4) is 0 Å². The van der Waals surface area contributed by atoms with E-state index in [4.69, 9.17) is 10.5 Å². The van der Waals surface area contributed by atoms with Crippen LogP contribution in [0, 0.1) is 0 Å². The summed E-state index contributed by atoms with van der Waals surface area (Å²) in [6.45, 7) is 2.27. The number of pyridine rings is 1. The Balaban J connectivity index is 0.00000253. The smallest absolute Gasteiger partial charge is 1.00 e. The number of methoxy groups -OCH3 is 1. The van der Waals surface area contributed by atoms with E-state index in [1.165, 1.54) is 13.2 Å². The molecule has 0 radical (unpaired) electrons. The van der Waals surface area contributed by atoms with Gasteiger partial charge < -0.3 is 16.5 Å². The predicted octanol–water partition coefficient (Wildman–Crippen LogP) is 0.0883. The second kappa shape index (κ2) is 13.0. The second-order valence-corrected chi connectivity index (χ2v) is 8.28. The molecule has 0 fully saturated rings. The number of unbranched alkanes of at least 4 members (excludes halogenated alkanes) is 1. The van der Waals surface area contributed by atoms with Crippen LogP contribution in [-0.4, -0.2) is 44.2 Å². The topological polar surface area (TPSA) is 146 Å². The number of rotatable bonds is 9. The molecule has 0 atom stereocenters. The van der Waals surface area contributed by atoms with Gasteiger partial charge in [0, 0.05) is 22.9 Å². The third kappa shape index (κ3) is 6.49. The van der Waals surface area contributed by atoms with Crippen molar-refractivity contribution < 1.29 is 67.1 Å². The maximum absolute atomic E-state index is 13.0. The summed E-state index contributed by atoms with van der Waals surface area (Å²) in [6.07, 6.45) is 2.40. The van der Waals surface area contributed by atoms with E-state index in [9.17, 15) is 14.4 Å². The van der Waals surface area contributed by atoms with Crippen LogP contribution in [0.1, 0.15) is 53.2 Å². The van der Waals surface area contributed by atoms with Crippen molar-refractivity contribution in [3.8, 4) is 22.5 Å². The van der Waals surface area contributed by atoms with Crippen molar-refractivity contribution in [1.29, 1.82) is 0 Å². The Bertz CT molecular complexity index is 1470. The third-order valence-electron chi connectivity index (χ3n) is 5.91. The summed E-state index contributed by atoms with van der Waals surface area (Å²) in [6, 6.07) is 15.7. The van der Waals surface area contributed by atoms with Crippen LogP contribution >= 0.6 is 0 Å². The SMILES string of the molecule is CCCCc1cc(C(=O)OC)cc(=O)n1Cc1ccc(-c2ccccc2-c2nn[nH]n2)c(C(N)=O)c1.[H-].[K+]. The zero-order chi connectivity index (χ0) is 25.7. The molecule has 0 aliphatic heterocycles. The summed E-state index contributed by atoms with van der Waals surface area (Å²) in [7, 11) is 1.28. The van der Waals surface area contributed by atoms with Crippen LogP contribution in [-0.2, 0) is 17.7 Å². The number of aryl methyl sites for hydroxylation is 1. The molecule has 0 aliphatic carbocycles. The summed E-state index contributed by atoms with van der Waals surface area (Å²) in [5, 5.41) is 14.2.